The van der Waals surface area contributed by atoms with Gasteiger partial charge in [0.25, 0.3) is 0 Å². The van der Waals surface area contributed by atoms with E-state index in [-0.39, 0.29) is 5.11 Å². The predicted molar refractivity (Wildman–Crippen MR) is 103 cm³/mol. The highest BCUT2D eigenvalue weighted by Crippen LogP contribution is 2.29. The maximum atomic E-state index is 11.8. The topological polar surface area (TPSA) is 65.6 Å². The predicted octanol–water partition coefficient (Wildman–Crippen LogP) is 3.34. The molecule has 0 fully saturated rings. The van der Waals surface area contributed by atoms with E-state index < -0.39 is 16.0 Å². The molecular weight excluding hydrogens is 395 g/mol. The fraction of sp³-hybridized carbons (Fsp3) is 0.429. The summed E-state index contributed by atoms with van der Waals surface area (Å²) in [6.45, 7) is 2.49. The van der Waals surface area contributed by atoms with Gasteiger partial charge in [0.15, 0.2) is 11.3 Å². The van der Waals surface area contributed by atoms with E-state index in [2.05, 4.69) is 16.0 Å². The van der Waals surface area contributed by atoms with Gasteiger partial charge in [-0.15, -0.1) is 0 Å². The molecule has 3 N–H and O–H groups in total. The molecular formula is C14H19Cl3N4O2S. The van der Waals surface area contributed by atoms with Gasteiger partial charge in [-0.1, -0.05) is 34.8 Å². The molecule has 24 heavy (non-hydrogen) atoms. The lowest BCUT2D eigenvalue weighted by Gasteiger charge is -2.28. The monoisotopic (exact) mass is 412 g/mol. The first-order valence-electron chi connectivity index (χ1n) is 6.98. The highest BCUT2D eigenvalue weighted by atomic mass is 35.6. The van der Waals surface area contributed by atoms with Crippen LogP contribution in [0.3, 0.4) is 0 Å². The number of alkyl halides is 3. The van der Waals surface area contributed by atoms with Crippen molar-refractivity contribution in [2.24, 2.45) is 0 Å². The SMILES string of the molecule is CCOc1ccc(NC(=S)NC(NC(=O)N(C)C)C(Cl)(Cl)Cl)cc1. The molecule has 1 unspecified atom stereocenters. The smallest absolute Gasteiger partial charge is 0.318 e. The quantitative estimate of drug-likeness (QED) is 0.392. The van der Waals surface area contributed by atoms with Gasteiger partial charge in [-0.05, 0) is 43.4 Å². The van der Waals surface area contributed by atoms with Crippen LogP contribution in [0, 0.1) is 0 Å². The number of halogens is 3. The molecule has 134 valence electrons. The molecule has 1 atom stereocenters. The summed E-state index contributed by atoms with van der Waals surface area (Å²) in [6.07, 6.45) is -1.01. The fourth-order valence-electron chi connectivity index (χ4n) is 1.55. The first kappa shape index (κ1) is 20.9. The molecule has 10 heteroatoms. The highest BCUT2D eigenvalue weighted by Gasteiger charge is 2.35. The zero-order valence-electron chi connectivity index (χ0n) is 13.4. The molecule has 0 bridgehead atoms. The number of amides is 2. The summed E-state index contributed by atoms with van der Waals surface area (Å²) in [7, 11) is 3.14. The van der Waals surface area contributed by atoms with E-state index in [0.29, 0.717) is 6.61 Å². The third kappa shape index (κ3) is 7.17. The lowest BCUT2D eigenvalue weighted by atomic mass is 10.3. The van der Waals surface area contributed by atoms with Crippen molar-refractivity contribution >= 4 is 63.9 Å². The van der Waals surface area contributed by atoms with Crippen LogP contribution in [-0.4, -0.2) is 46.7 Å². The average Bonchev–Trinajstić information content (AvgIpc) is 2.47. The molecule has 0 radical (unpaired) electrons. The second-order valence-corrected chi connectivity index (χ2v) is 7.65. The Labute approximate surface area is 161 Å². The molecule has 0 heterocycles. The van der Waals surface area contributed by atoms with Crippen LogP contribution < -0.4 is 20.7 Å². The molecule has 6 nitrogen and oxygen atoms in total. The Morgan fingerprint density at radius 3 is 2.29 bits per heavy atom. The molecule has 0 aliphatic carbocycles. The van der Waals surface area contributed by atoms with Gasteiger partial charge in [-0.2, -0.15) is 0 Å². The standard InChI is InChI=1S/C14H19Cl3N4O2S/c1-4-23-10-7-5-9(6-8-10)18-12(24)19-11(14(15,16)17)20-13(22)21(2)3/h5-8,11H,4H2,1-3H3,(H,20,22)(H2,18,19,24). The number of hydrogen-bond donors (Lipinski definition) is 3. The van der Waals surface area contributed by atoms with Crippen molar-refractivity contribution in [1.29, 1.82) is 0 Å². The molecule has 0 spiro atoms. The average molecular weight is 414 g/mol. The van der Waals surface area contributed by atoms with Gasteiger partial charge in [0, 0.05) is 19.8 Å². The van der Waals surface area contributed by atoms with E-state index >= 15 is 0 Å². The lowest BCUT2D eigenvalue weighted by Crippen LogP contribution is -2.57. The van der Waals surface area contributed by atoms with E-state index in [4.69, 9.17) is 51.8 Å². The van der Waals surface area contributed by atoms with Gasteiger partial charge in [0.1, 0.15) is 5.75 Å². The van der Waals surface area contributed by atoms with Gasteiger partial charge in [-0.3, -0.25) is 0 Å². The van der Waals surface area contributed by atoms with Crippen LogP contribution in [-0.2, 0) is 0 Å². The van der Waals surface area contributed by atoms with Crippen LogP contribution >= 0.6 is 47.0 Å². The van der Waals surface area contributed by atoms with Crippen LogP contribution in [0.1, 0.15) is 6.92 Å². The minimum atomic E-state index is -1.80. The number of anilines is 1. The van der Waals surface area contributed by atoms with E-state index in [1.54, 1.807) is 38.4 Å². The van der Waals surface area contributed by atoms with Crippen LogP contribution in [0.25, 0.3) is 0 Å². The molecule has 0 aromatic heterocycles. The van der Waals surface area contributed by atoms with Crippen molar-refractivity contribution in [3.63, 3.8) is 0 Å². The number of rotatable bonds is 5. The summed E-state index contributed by atoms with van der Waals surface area (Å²) in [5.74, 6) is 0.749. The number of ether oxygens (including phenoxy) is 1. The minimum absolute atomic E-state index is 0.189. The maximum Gasteiger partial charge on any atom is 0.318 e. The minimum Gasteiger partial charge on any atom is -0.494 e. The maximum absolute atomic E-state index is 11.8. The fourth-order valence-corrected chi connectivity index (χ4v) is 2.11. The largest absolute Gasteiger partial charge is 0.494 e. The number of nitrogens with zero attached hydrogens (tertiary/aromatic N) is 1. The Bertz CT molecular complexity index is 564. The van der Waals surface area contributed by atoms with Crippen LogP contribution in [0.4, 0.5) is 10.5 Å². The first-order valence-corrected chi connectivity index (χ1v) is 8.52. The van der Waals surface area contributed by atoms with Crippen LogP contribution in [0.2, 0.25) is 0 Å². The third-order valence-electron chi connectivity index (χ3n) is 2.70. The van der Waals surface area contributed by atoms with Gasteiger partial charge in [0.2, 0.25) is 3.79 Å². The summed E-state index contributed by atoms with van der Waals surface area (Å²) >= 11 is 22.8. The Kier molecular flexibility index (Phi) is 8.15. The number of thiocarbonyl (C=S) groups is 1. The molecule has 0 saturated heterocycles. The first-order chi connectivity index (χ1) is 11.1. The molecule has 0 saturated carbocycles. The number of nitrogens with one attached hydrogen (secondary N) is 3. The molecule has 1 aromatic rings. The summed E-state index contributed by atoms with van der Waals surface area (Å²) < 4.78 is 3.57. The Hall–Kier alpha value is -1.15. The number of carbonyl (C=O) groups is 1. The zero-order chi connectivity index (χ0) is 18.3. The normalized spacial score (nSPS) is 12.1. The van der Waals surface area contributed by atoms with Crippen LogP contribution in [0.15, 0.2) is 24.3 Å². The number of carbonyl (C=O) groups excluding carboxylic acids is 1. The van der Waals surface area contributed by atoms with E-state index in [1.165, 1.54) is 4.90 Å². The molecule has 2 amide bonds. The summed E-state index contributed by atoms with van der Waals surface area (Å²) in [5.41, 5.74) is 0.720. The third-order valence-corrected chi connectivity index (χ3v) is 3.57. The van der Waals surface area contributed by atoms with Gasteiger partial charge in [0.05, 0.1) is 6.61 Å². The van der Waals surface area contributed by atoms with E-state index in [1.807, 2.05) is 6.92 Å². The van der Waals surface area contributed by atoms with Crippen molar-refractivity contribution in [2.45, 2.75) is 16.9 Å². The van der Waals surface area contributed by atoms with Gasteiger partial charge >= 0.3 is 6.03 Å². The number of urea groups is 1. The second kappa shape index (κ2) is 9.36. The van der Waals surface area contributed by atoms with Crippen molar-refractivity contribution in [1.82, 2.24) is 15.5 Å². The van der Waals surface area contributed by atoms with Crippen molar-refractivity contribution in [3.05, 3.63) is 24.3 Å². The van der Waals surface area contributed by atoms with Gasteiger partial charge < -0.3 is 25.6 Å². The Morgan fingerprint density at radius 2 is 1.83 bits per heavy atom. The molecule has 0 aliphatic heterocycles. The Morgan fingerprint density at radius 1 is 1.25 bits per heavy atom. The van der Waals surface area contributed by atoms with Gasteiger partial charge in [-0.25, -0.2) is 4.79 Å². The molecule has 0 aliphatic rings. The second-order valence-electron chi connectivity index (χ2n) is 4.87. The highest BCUT2D eigenvalue weighted by molar-refractivity contribution is 7.80. The number of benzene rings is 1. The van der Waals surface area contributed by atoms with Crippen molar-refractivity contribution < 1.29 is 9.53 Å². The zero-order valence-corrected chi connectivity index (χ0v) is 16.5. The Balaban J connectivity index is 2.69. The number of hydrogen-bond acceptors (Lipinski definition) is 3. The molecule has 1 rings (SSSR count). The molecule has 1 aromatic carbocycles. The van der Waals surface area contributed by atoms with E-state index in [9.17, 15) is 4.79 Å². The summed E-state index contributed by atoms with van der Waals surface area (Å²) in [5, 5.41) is 8.43. The lowest BCUT2D eigenvalue weighted by molar-refractivity contribution is 0.212. The van der Waals surface area contributed by atoms with Crippen molar-refractivity contribution in [2.75, 3.05) is 26.0 Å². The summed E-state index contributed by atoms with van der Waals surface area (Å²) in [4.78, 5) is 13.1. The summed E-state index contributed by atoms with van der Waals surface area (Å²) in [6, 6.07) is 6.76. The van der Waals surface area contributed by atoms with E-state index in [0.717, 1.165) is 11.4 Å². The van der Waals surface area contributed by atoms with Crippen LogP contribution in [0.5, 0.6) is 5.75 Å². The van der Waals surface area contributed by atoms with Crippen molar-refractivity contribution in [3.8, 4) is 5.75 Å².